The molecule has 1 aliphatic rings. The molecule has 0 radical (unpaired) electrons. The lowest BCUT2D eigenvalue weighted by molar-refractivity contribution is -0.117. The molecule has 2 aromatic heterocycles. The second-order valence-electron chi connectivity index (χ2n) is 7.32. The van der Waals surface area contributed by atoms with Gasteiger partial charge in [0.15, 0.2) is 0 Å². The van der Waals surface area contributed by atoms with Gasteiger partial charge in [-0.25, -0.2) is 19.0 Å². The monoisotopic (exact) mass is 423 g/mol. The van der Waals surface area contributed by atoms with Crippen LogP contribution in [0.1, 0.15) is 0 Å². The number of halogens is 1. The molecular weight excluding hydrogens is 401 g/mol. The van der Waals surface area contributed by atoms with Gasteiger partial charge in [-0.3, -0.25) is 9.59 Å². The van der Waals surface area contributed by atoms with Gasteiger partial charge in [-0.05, 0) is 37.4 Å². The molecule has 10 heteroatoms. The Morgan fingerprint density at radius 2 is 1.81 bits per heavy atom. The molecule has 1 fully saturated rings. The van der Waals surface area contributed by atoms with Gasteiger partial charge in [-0.15, -0.1) is 0 Å². The number of nitrogens with zero attached hydrogens (tertiary/aromatic N) is 6. The molecule has 9 nitrogen and oxygen atoms in total. The molecule has 0 aliphatic carbocycles. The Hall–Kier alpha value is -3.66. The van der Waals surface area contributed by atoms with E-state index in [2.05, 4.69) is 37.2 Å². The summed E-state index contributed by atoms with van der Waals surface area (Å²) >= 11 is 0. The van der Waals surface area contributed by atoms with Crippen LogP contribution in [0, 0.1) is 5.82 Å². The zero-order valence-corrected chi connectivity index (χ0v) is 17.0. The second kappa shape index (κ2) is 9.00. The molecule has 1 amide bonds. The first-order valence-electron chi connectivity index (χ1n) is 9.87. The maximum absolute atomic E-state index is 13.1. The van der Waals surface area contributed by atoms with E-state index in [1.165, 1.54) is 30.6 Å². The number of hydrogen-bond acceptors (Lipinski definition) is 7. The summed E-state index contributed by atoms with van der Waals surface area (Å²) in [5, 5.41) is 6.92. The van der Waals surface area contributed by atoms with Crippen molar-refractivity contribution in [1.82, 2.24) is 24.6 Å². The number of nitrogens with one attached hydrogen (secondary N) is 1. The van der Waals surface area contributed by atoms with Gasteiger partial charge in [0.2, 0.25) is 5.91 Å². The van der Waals surface area contributed by atoms with Crippen molar-refractivity contribution in [2.24, 2.45) is 0 Å². The minimum absolute atomic E-state index is 0.276. The molecule has 31 heavy (non-hydrogen) atoms. The highest BCUT2D eigenvalue weighted by atomic mass is 19.1. The van der Waals surface area contributed by atoms with Crippen LogP contribution < -0.4 is 15.8 Å². The highest BCUT2D eigenvalue weighted by molar-refractivity contribution is 5.89. The zero-order chi connectivity index (χ0) is 21.8. The van der Waals surface area contributed by atoms with E-state index in [9.17, 15) is 14.0 Å². The van der Waals surface area contributed by atoms with E-state index in [0.717, 1.165) is 36.7 Å². The predicted octanol–water partition coefficient (Wildman–Crippen LogP) is 1.23. The van der Waals surface area contributed by atoms with Gasteiger partial charge in [-0.1, -0.05) is 0 Å². The third-order valence-corrected chi connectivity index (χ3v) is 5.05. The van der Waals surface area contributed by atoms with E-state index < -0.39 is 11.5 Å². The summed E-state index contributed by atoms with van der Waals surface area (Å²) in [6.45, 7) is 3.28. The Morgan fingerprint density at radius 1 is 1.06 bits per heavy atom. The van der Waals surface area contributed by atoms with E-state index in [1.54, 1.807) is 18.2 Å². The average molecular weight is 423 g/mol. The molecular formula is C21H22FN7O2. The molecule has 4 rings (SSSR count). The highest BCUT2D eigenvalue weighted by Crippen LogP contribution is 2.17. The SMILES string of the molecule is CN1CCN(c2cc(NC(=O)Cn3nc(-c4ccc(F)cc4)ccc3=O)ncn2)CC1. The van der Waals surface area contributed by atoms with Gasteiger partial charge in [-0.2, -0.15) is 5.10 Å². The Morgan fingerprint density at radius 3 is 2.55 bits per heavy atom. The number of likely N-dealkylation sites (N-methyl/N-ethyl adjacent to an activating group) is 1. The van der Waals surface area contributed by atoms with Crippen LogP contribution >= 0.6 is 0 Å². The van der Waals surface area contributed by atoms with Crippen LogP contribution in [-0.2, 0) is 11.3 Å². The standard InChI is InChI=1S/C21H22FN7O2/c1-27-8-10-28(11-9-27)19-12-18(23-14-24-19)25-20(30)13-29-21(31)7-6-17(26-29)15-2-4-16(22)5-3-15/h2-7,12,14H,8-11,13H2,1H3,(H,23,24,25,30). The van der Waals surface area contributed by atoms with E-state index in [1.807, 2.05) is 0 Å². The number of carbonyl (C=O) groups excluding carboxylic acids is 1. The first-order chi connectivity index (χ1) is 15.0. The summed E-state index contributed by atoms with van der Waals surface area (Å²) in [6.07, 6.45) is 1.41. The van der Waals surface area contributed by atoms with E-state index in [-0.39, 0.29) is 12.4 Å². The number of carbonyl (C=O) groups is 1. The molecule has 0 bridgehead atoms. The van der Waals surface area contributed by atoms with Gasteiger partial charge in [0, 0.05) is 43.9 Å². The fourth-order valence-electron chi connectivity index (χ4n) is 3.28. The molecule has 1 saturated heterocycles. The van der Waals surface area contributed by atoms with E-state index >= 15 is 0 Å². The van der Waals surface area contributed by atoms with Crippen molar-refractivity contribution in [2.75, 3.05) is 43.4 Å². The summed E-state index contributed by atoms with van der Waals surface area (Å²) in [5.74, 6) is 0.301. The molecule has 0 saturated carbocycles. The minimum Gasteiger partial charge on any atom is -0.354 e. The minimum atomic E-state index is -0.436. The van der Waals surface area contributed by atoms with Crippen molar-refractivity contribution in [3.63, 3.8) is 0 Å². The molecule has 1 aromatic carbocycles. The molecule has 3 heterocycles. The number of benzene rings is 1. The van der Waals surface area contributed by atoms with Crippen LogP contribution in [0.15, 0.2) is 53.6 Å². The maximum atomic E-state index is 13.1. The summed E-state index contributed by atoms with van der Waals surface area (Å²) in [4.78, 5) is 37.4. The summed E-state index contributed by atoms with van der Waals surface area (Å²) < 4.78 is 14.2. The first-order valence-corrected chi connectivity index (χ1v) is 9.87. The van der Waals surface area contributed by atoms with Gasteiger partial charge in [0.1, 0.15) is 30.3 Å². The van der Waals surface area contributed by atoms with Crippen molar-refractivity contribution in [3.05, 3.63) is 65.0 Å². The highest BCUT2D eigenvalue weighted by Gasteiger charge is 2.16. The zero-order valence-electron chi connectivity index (χ0n) is 17.0. The lowest BCUT2D eigenvalue weighted by Gasteiger charge is -2.33. The van der Waals surface area contributed by atoms with Crippen LogP contribution in [0.4, 0.5) is 16.0 Å². The fraction of sp³-hybridized carbons (Fsp3) is 0.286. The third-order valence-electron chi connectivity index (χ3n) is 5.05. The van der Waals surface area contributed by atoms with Crippen LogP contribution in [0.2, 0.25) is 0 Å². The van der Waals surface area contributed by atoms with Crippen LogP contribution in [0.3, 0.4) is 0 Å². The van der Waals surface area contributed by atoms with Gasteiger partial charge in [0.25, 0.3) is 5.56 Å². The van der Waals surface area contributed by atoms with Crippen molar-refractivity contribution >= 4 is 17.5 Å². The van der Waals surface area contributed by atoms with Crippen LogP contribution in [0.5, 0.6) is 0 Å². The summed E-state index contributed by atoms with van der Waals surface area (Å²) in [7, 11) is 2.07. The molecule has 1 aliphatic heterocycles. The Bertz CT molecular complexity index is 1130. The number of aromatic nitrogens is 4. The number of anilines is 2. The maximum Gasteiger partial charge on any atom is 0.267 e. The molecule has 160 valence electrons. The lowest BCUT2D eigenvalue weighted by atomic mass is 10.1. The van der Waals surface area contributed by atoms with Gasteiger partial charge < -0.3 is 15.1 Å². The number of rotatable bonds is 5. The van der Waals surface area contributed by atoms with Crippen molar-refractivity contribution < 1.29 is 9.18 Å². The van der Waals surface area contributed by atoms with E-state index in [4.69, 9.17) is 0 Å². The second-order valence-corrected chi connectivity index (χ2v) is 7.32. The van der Waals surface area contributed by atoms with Gasteiger partial charge in [0.05, 0.1) is 5.69 Å². The topological polar surface area (TPSA) is 96.2 Å². The molecule has 1 N–H and O–H groups in total. The largest absolute Gasteiger partial charge is 0.354 e. The smallest absolute Gasteiger partial charge is 0.267 e. The third kappa shape index (κ3) is 5.10. The quantitative estimate of drug-likeness (QED) is 0.659. The Kier molecular flexibility index (Phi) is 5.99. The van der Waals surface area contributed by atoms with Crippen LogP contribution in [0.25, 0.3) is 11.3 Å². The summed E-state index contributed by atoms with van der Waals surface area (Å²) in [6, 6.07) is 10.3. The molecule has 0 atom stereocenters. The first kappa shape index (κ1) is 20.6. The predicted molar refractivity (Wildman–Crippen MR) is 114 cm³/mol. The number of amides is 1. The summed E-state index contributed by atoms with van der Waals surface area (Å²) in [5.41, 5.74) is 0.691. The normalized spacial score (nSPS) is 14.5. The van der Waals surface area contributed by atoms with Crippen molar-refractivity contribution in [2.45, 2.75) is 6.54 Å². The van der Waals surface area contributed by atoms with Crippen molar-refractivity contribution in [3.8, 4) is 11.3 Å². The van der Waals surface area contributed by atoms with Crippen LogP contribution in [-0.4, -0.2) is 63.8 Å². The Labute approximate surface area is 178 Å². The Balaban J connectivity index is 1.45. The van der Waals surface area contributed by atoms with E-state index in [0.29, 0.717) is 17.1 Å². The van der Waals surface area contributed by atoms with Gasteiger partial charge >= 0.3 is 0 Å². The fourth-order valence-corrected chi connectivity index (χ4v) is 3.28. The molecule has 0 unspecified atom stereocenters. The number of hydrogen-bond donors (Lipinski definition) is 1. The lowest BCUT2D eigenvalue weighted by Crippen LogP contribution is -2.44. The molecule has 3 aromatic rings. The van der Waals surface area contributed by atoms with Crippen molar-refractivity contribution in [1.29, 1.82) is 0 Å². The average Bonchev–Trinajstić information content (AvgIpc) is 2.76. The number of piperazine rings is 1. The molecule has 0 spiro atoms.